The first-order chi connectivity index (χ1) is 8.93. The minimum Gasteiger partial charge on any atom is -0.478 e. The molecule has 1 rings (SSSR count). The second-order valence-electron chi connectivity index (χ2n) is 4.50. The van der Waals surface area contributed by atoms with Crippen LogP contribution in [0, 0.1) is 6.92 Å². The van der Waals surface area contributed by atoms with E-state index >= 15 is 0 Å². The first-order valence-corrected chi connectivity index (χ1v) is 6.24. The third kappa shape index (κ3) is 3.12. The number of nitrogens with two attached hydrogens (primary N) is 1. The van der Waals surface area contributed by atoms with Gasteiger partial charge in [0.05, 0.1) is 11.1 Å². The maximum atomic E-state index is 11.4. The Morgan fingerprint density at radius 1 is 1.26 bits per heavy atom. The second kappa shape index (κ2) is 6.33. The van der Waals surface area contributed by atoms with E-state index in [1.54, 1.807) is 6.07 Å². The van der Waals surface area contributed by atoms with Crippen LogP contribution in [0.5, 0.6) is 0 Å². The summed E-state index contributed by atoms with van der Waals surface area (Å²) in [5.74, 6) is -2.16. The minimum atomic E-state index is -1.11. The quantitative estimate of drug-likeness (QED) is 0.732. The number of carbonyl (C=O) groups is 2. The van der Waals surface area contributed by atoms with Crippen LogP contribution in [0.1, 0.15) is 57.5 Å². The van der Waals surface area contributed by atoms with Crippen molar-refractivity contribution in [2.75, 3.05) is 6.54 Å². The molecule has 1 aromatic carbocycles. The zero-order valence-electron chi connectivity index (χ0n) is 11.1. The van der Waals surface area contributed by atoms with E-state index in [1.807, 2.05) is 6.92 Å². The molecule has 1 atom stereocenters. The van der Waals surface area contributed by atoms with E-state index in [2.05, 4.69) is 0 Å². The van der Waals surface area contributed by atoms with Crippen LogP contribution in [0.15, 0.2) is 12.1 Å². The van der Waals surface area contributed by atoms with Crippen LogP contribution >= 0.6 is 0 Å². The van der Waals surface area contributed by atoms with E-state index in [0.29, 0.717) is 24.1 Å². The van der Waals surface area contributed by atoms with Crippen LogP contribution < -0.4 is 5.73 Å². The van der Waals surface area contributed by atoms with Gasteiger partial charge in [-0.2, -0.15) is 0 Å². The first-order valence-electron chi connectivity index (χ1n) is 6.24. The lowest BCUT2D eigenvalue weighted by Gasteiger charge is -2.19. The van der Waals surface area contributed by atoms with Gasteiger partial charge in [-0.3, -0.25) is 0 Å². The number of carboxylic acids is 2. The molecule has 0 fully saturated rings. The molecule has 0 aliphatic carbocycles. The van der Waals surface area contributed by atoms with Crippen molar-refractivity contribution < 1.29 is 19.8 Å². The summed E-state index contributed by atoms with van der Waals surface area (Å²) in [7, 11) is 0. The summed E-state index contributed by atoms with van der Waals surface area (Å²) in [6.07, 6.45) is 1.45. The molecule has 0 amide bonds. The first kappa shape index (κ1) is 15.2. The van der Waals surface area contributed by atoms with Crippen molar-refractivity contribution >= 4 is 11.9 Å². The Bertz CT molecular complexity index is 496. The lowest BCUT2D eigenvalue weighted by atomic mass is 9.86. The third-order valence-corrected chi connectivity index (χ3v) is 3.39. The van der Waals surface area contributed by atoms with Crippen molar-refractivity contribution in [1.29, 1.82) is 0 Å². The van der Waals surface area contributed by atoms with E-state index in [9.17, 15) is 14.7 Å². The average Bonchev–Trinajstić information content (AvgIpc) is 2.34. The predicted molar refractivity (Wildman–Crippen MR) is 71.8 cm³/mol. The van der Waals surface area contributed by atoms with Gasteiger partial charge in [0.2, 0.25) is 0 Å². The van der Waals surface area contributed by atoms with Crippen LogP contribution in [-0.4, -0.2) is 28.7 Å². The molecule has 5 heteroatoms. The van der Waals surface area contributed by atoms with Crippen molar-refractivity contribution in [2.45, 2.75) is 32.6 Å². The summed E-state index contributed by atoms with van der Waals surface area (Å²) in [5.41, 5.74) is 6.64. The number of benzene rings is 1. The normalized spacial score (nSPS) is 12.2. The van der Waals surface area contributed by atoms with Crippen molar-refractivity contribution in [1.82, 2.24) is 0 Å². The van der Waals surface area contributed by atoms with E-state index in [-0.39, 0.29) is 17.0 Å². The summed E-state index contributed by atoms with van der Waals surface area (Å²) < 4.78 is 0. The number of carboxylic acid groups (broad SMARTS) is 2. The van der Waals surface area contributed by atoms with Gasteiger partial charge in [0.25, 0.3) is 0 Å². The molecule has 0 aromatic heterocycles. The van der Waals surface area contributed by atoms with Crippen LogP contribution in [-0.2, 0) is 0 Å². The molecule has 0 aliphatic heterocycles. The van der Waals surface area contributed by atoms with Gasteiger partial charge in [-0.1, -0.05) is 13.0 Å². The Hall–Kier alpha value is -1.88. The number of hydrogen-bond acceptors (Lipinski definition) is 3. The highest BCUT2D eigenvalue weighted by Gasteiger charge is 2.23. The Kier molecular flexibility index (Phi) is 5.06. The third-order valence-electron chi connectivity index (χ3n) is 3.39. The zero-order valence-corrected chi connectivity index (χ0v) is 11.1. The average molecular weight is 265 g/mol. The van der Waals surface area contributed by atoms with Gasteiger partial charge in [0.1, 0.15) is 0 Å². The molecular weight excluding hydrogens is 246 g/mol. The van der Waals surface area contributed by atoms with Gasteiger partial charge >= 0.3 is 11.9 Å². The molecule has 0 spiro atoms. The monoisotopic (exact) mass is 265 g/mol. The van der Waals surface area contributed by atoms with Gasteiger partial charge < -0.3 is 15.9 Å². The van der Waals surface area contributed by atoms with Crippen molar-refractivity contribution in [3.63, 3.8) is 0 Å². The Labute approximate surface area is 112 Å². The topological polar surface area (TPSA) is 101 Å². The van der Waals surface area contributed by atoms with Gasteiger partial charge in [-0.05, 0) is 49.4 Å². The second-order valence-corrected chi connectivity index (χ2v) is 4.50. The molecule has 0 saturated carbocycles. The summed E-state index contributed by atoms with van der Waals surface area (Å²) in [5, 5.41) is 18.4. The molecule has 19 heavy (non-hydrogen) atoms. The number of aromatic carboxylic acids is 2. The fourth-order valence-corrected chi connectivity index (χ4v) is 2.37. The highest BCUT2D eigenvalue weighted by Crippen LogP contribution is 2.29. The van der Waals surface area contributed by atoms with Gasteiger partial charge in [0, 0.05) is 0 Å². The molecule has 1 aromatic rings. The highest BCUT2D eigenvalue weighted by molar-refractivity contribution is 5.97. The number of hydrogen-bond donors (Lipinski definition) is 3. The molecule has 4 N–H and O–H groups in total. The molecule has 0 aliphatic rings. The fraction of sp³-hybridized carbons (Fsp3) is 0.429. The molecule has 0 bridgehead atoms. The van der Waals surface area contributed by atoms with E-state index < -0.39 is 11.9 Å². The largest absolute Gasteiger partial charge is 0.478 e. The molecule has 104 valence electrons. The van der Waals surface area contributed by atoms with Gasteiger partial charge in [0.15, 0.2) is 0 Å². The van der Waals surface area contributed by atoms with Crippen LogP contribution in [0.4, 0.5) is 0 Å². The number of rotatable bonds is 6. The zero-order chi connectivity index (χ0) is 14.6. The SMILES string of the molecule is CCC(CCN)c1ccc(C(=O)O)c(C)c1C(=O)O. The summed E-state index contributed by atoms with van der Waals surface area (Å²) in [4.78, 5) is 22.5. The fourth-order valence-electron chi connectivity index (χ4n) is 2.37. The van der Waals surface area contributed by atoms with Gasteiger partial charge in [-0.15, -0.1) is 0 Å². The molecular formula is C14H19NO4. The summed E-state index contributed by atoms with van der Waals surface area (Å²) in [6.45, 7) is 3.97. The standard InChI is InChI=1S/C14H19NO4/c1-3-9(6-7-15)11-5-4-10(13(16)17)8(2)12(11)14(18)19/h4-5,9H,3,6-7,15H2,1-2H3,(H,16,17)(H,18,19). The van der Waals surface area contributed by atoms with Crippen LogP contribution in [0.2, 0.25) is 0 Å². The molecule has 1 unspecified atom stereocenters. The van der Waals surface area contributed by atoms with E-state index in [0.717, 1.165) is 6.42 Å². The molecule has 5 nitrogen and oxygen atoms in total. The predicted octanol–water partition coefficient (Wildman–Crippen LogP) is 2.23. The lowest BCUT2D eigenvalue weighted by molar-refractivity contribution is 0.0694. The Morgan fingerprint density at radius 3 is 2.32 bits per heavy atom. The Balaban J connectivity index is 3.44. The van der Waals surface area contributed by atoms with Crippen LogP contribution in [0.3, 0.4) is 0 Å². The Morgan fingerprint density at radius 2 is 1.89 bits per heavy atom. The summed E-state index contributed by atoms with van der Waals surface area (Å²) >= 11 is 0. The van der Waals surface area contributed by atoms with Crippen molar-refractivity contribution in [3.8, 4) is 0 Å². The van der Waals surface area contributed by atoms with E-state index in [4.69, 9.17) is 10.8 Å². The molecule has 0 heterocycles. The molecule has 0 radical (unpaired) electrons. The lowest BCUT2D eigenvalue weighted by Crippen LogP contribution is -2.15. The maximum absolute atomic E-state index is 11.4. The van der Waals surface area contributed by atoms with Crippen LogP contribution in [0.25, 0.3) is 0 Å². The van der Waals surface area contributed by atoms with Crippen molar-refractivity contribution in [2.24, 2.45) is 5.73 Å². The van der Waals surface area contributed by atoms with Crippen molar-refractivity contribution in [3.05, 3.63) is 34.4 Å². The highest BCUT2D eigenvalue weighted by atomic mass is 16.4. The maximum Gasteiger partial charge on any atom is 0.336 e. The molecule has 0 saturated heterocycles. The smallest absolute Gasteiger partial charge is 0.336 e. The van der Waals surface area contributed by atoms with E-state index in [1.165, 1.54) is 13.0 Å². The minimum absolute atomic E-state index is 0.0313. The summed E-state index contributed by atoms with van der Waals surface area (Å²) in [6, 6.07) is 3.07. The van der Waals surface area contributed by atoms with Gasteiger partial charge in [-0.25, -0.2) is 9.59 Å².